The van der Waals surface area contributed by atoms with Gasteiger partial charge >= 0.3 is 0 Å². The summed E-state index contributed by atoms with van der Waals surface area (Å²) < 4.78 is 0. The lowest BCUT2D eigenvalue weighted by Crippen LogP contribution is -2.48. The summed E-state index contributed by atoms with van der Waals surface area (Å²) in [6, 6.07) is 7.47. The van der Waals surface area contributed by atoms with Crippen LogP contribution in [0.4, 0.5) is 11.4 Å². The molecule has 1 aliphatic heterocycles. The molecule has 1 fully saturated rings. The normalized spacial score (nSPS) is 15.9. The van der Waals surface area contributed by atoms with E-state index < -0.39 is 0 Å². The lowest BCUT2D eigenvalue weighted by atomic mass is 10.2. The maximum absolute atomic E-state index is 11.6. The Hall–Kier alpha value is -2.04. The van der Waals surface area contributed by atoms with Gasteiger partial charge in [-0.2, -0.15) is 0 Å². The molecule has 0 aromatic heterocycles. The predicted molar refractivity (Wildman–Crippen MR) is 66.0 cm³/mol. The molecule has 17 heavy (non-hydrogen) atoms. The molecule has 1 saturated heterocycles. The fraction of sp³-hybridized carbons (Fsp3) is 0.333. The highest BCUT2D eigenvalue weighted by Gasteiger charge is 2.20. The van der Waals surface area contributed by atoms with Gasteiger partial charge in [-0.3, -0.25) is 9.59 Å². The zero-order valence-corrected chi connectivity index (χ0v) is 9.72. The van der Waals surface area contributed by atoms with Gasteiger partial charge in [-0.15, -0.1) is 0 Å². The zero-order chi connectivity index (χ0) is 12.3. The van der Waals surface area contributed by atoms with Gasteiger partial charge < -0.3 is 15.1 Å². The van der Waals surface area contributed by atoms with Crippen LogP contribution in [0.2, 0.25) is 0 Å². The number of rotatable bonds is 3. The van der Waals surface area contributed by atoms with E-state index in [1.807, 2.05) is 36.2 Å². The number of piperazine rings is 1. The predicted octanol–water partition coefficient (Wildman–Crippen LogP) is 0.533. The molecular formula is C12H15N3O2. The molecule has 1 heterocycles. The number of likely N-dealkylation sites (N-methyl/N-ethyl adjacent to an activating group) is 1. The van der Waals surface area contributed by atoms with Crippen molar-refractivity contribution in [2.75, 3.05) is 36.9 Å². The van der Waals surface area contributed by atoms with Gasteiger partial charge in [0.25, 0.3) is 0 Å². The van der Waals surface area contributed by atoms with Gasteiger partial charge in [-0.05, 0) is 24.3 Å². The molecule has 1 N–H and O–H groups in total. The average Bonchev–Trinajstić information content (AvgIpc) is 2.34. The van der Waals surface area contributed by atoms with Crippen LogP contribution in [0.15, 0.2) is 24.3 Å². The highest BCUT2D eigenvalue weighted by atomic mass is 16.2. The number of carbonyl (C=O) groups excluding carboxylic acids is 2. The van der Waals surface area contributed by atoms with Crippen molar-refractivity contribution < 1.29 is 9.59 Å². The zero-order valence-electron chi connectivity index (χ0n) is 9.72. The maximum atomic E-state index is 11.6. The van der Waals surface area contributed by atoms with Crippen LogP contribution < -0.4 is 10.2 Å². The Morgan fingerprint density at radius 2 is 1.94 bits per heavy atom. The number of hydrogen-bond acceptors (Lipinski definition) is 3. The third-order valence-corrected chi connectivity index (χ3v) is 2.92. The van der Waals surface area contributed by atoms with Gasteiger partial charge in [0, 0.05) is 31.5 Å². The van der Waals surface area contributed by atoms with E-state index in [-0.39, 0.29) is 5.91 Å². The fourth-order valence-corrected chi connectivity index (χ4v) is 1.82. The van der Waals surface area contributed by atoms with Crippen LogP contribution in [0.3, 0.4) is 0 Å². The van der Waals surface area contributed by atoms with Gasteiger partial charge in [-0.1, -0.05) is 0 Å². The molecule has 1 aliphatic rings. The smallest absolute Gasteiger partial charge is 0.241 e. The molecule has 0 unspecified atom stereocenters. The van der Waals surface area contributed by atoms with Gasteiger partial charge in [0.2, 0.25) is 12.3 Å². The highest BCUT2D eigenvalue weighted by molar-refractivity contribution is 5.82. The minimum Gasteiger partial charge on any atom is -0.360 e. The Morgan fingerprint density at radius 3 is 2.53 bits per heavy atom. The van der Waals surface area contributed by atoms with Crippen LogP contribution in [0.5, 0.6) is 0 Å². The molecular weight excluding hydrogens is 218 g/mol. The lowest BCUT2D eigenvalue weighted by molar-refractivity contribution is -0.129. The summed E-state index contributed by atoms with van der Waals surface area (Å²) in [4.78, 5) is 25.6. The molecule has 2 rings (SSSR count). The first-order valence-electron chi connectivity index (χ1n) is 5.50. The number of benzene rings is 1. The second kappa shape index (κ2) is 4.86. The summed E-state index contributed by atoms with van der Waals surface area (Å²) in [5, 5.41) is 2.58. The van der Waals surface area contributed by atoms with Crippen LogP contribution in [-0.4, -0.2) is 43.9 Å². The number of amides is 2. The van der Waals surface area contributed by atoms with E-state index in [1.165, 1.54) is 0 Å². The van der Waals surface area contributed by atoms with Crippen molar-refractivity contribution in [1.82, 2.24) is 4.90 Å². The van der Waals surface area contributed by atoms with Crippen molar-refractivity contribution in [3.8, 4) is 0 Å². The van der Waals surface area contributed by atoms with Gasteiger partial charge in [0.15, 0.2) is 0 Å². The van der Waals surface area contributed by atoms with Crippen LogP contribution >= 0.6 is 0 Å². The van der Waals surface area contributed by atoms with E-state index in [9.17, 15) is 9.59 Å². The average molecular weight is 233 g/mol. The molecule has 0 atom stereocenters. The molecule has 2 amide bonds. The quantitative estimate of drug-likeness (QED) is 0.775. The molecule has 5 heteroatoms. The van der Waals surface area contributed by atoms with Crippen LogP contribution in [0, 0.1) is 0 Å². The summed E-state index contributed by atoms with van der Waals surface area (Å²) in [5.74, 6) is 0.131. The van der Waals surface area contributed by atoms with Crippen LogP contribution in [0.25, 0.3) is 0 Å². The van der Waals surface area contributed by atoms with Crippen molar-refractivity contribution in [2.45, 2.75) is 0 Å². The van der Waals surface area contributed by atoms with Crippen LogP contribution in [0.1, 0.15) is 0 Å². The summed E-state index contributed by atoms with van der Waals surface area (Å²) >= 11 is 0. The molecule has 0 spiro atoms. The molecule has 1 aromatic carbocycles. The van der Waals surface area contributed by atoms with Crippen molar-refractivity contribution in [2.24, 2.45) is 0 Å². The number of anilines is 2. The molecule has 1 aromatic rings. The van der Waals surface area contributed by atoms with E-state index in [0.717, 1.165) is 24.5 Å². The van der Waals surface area contributed by atoms with E-state index in [2.05, 4.69) is 5.32 Å². The standard InChI is InChI=1S/C12H15N3O2/c1-14-6-7-15(8-12(14)17)11-4-2-10(3-5-11)13-9-16/h2-5,9H,6-8H2,1H3,(H,13,16). The molecule has 0 saturated carbocycles. The fourth-order valence-electron chi connectivity index (χ4n) is 1.82. The first-order valence-corrected chi connectivity index (χ1v) is 5.50. The monoisotopic (exact) mass is 233 g/mol. The summed E-state index contributed by atoms with van der Waals surface area (Å²) in [7, 11) is 1.82. The van der Waals surface area contributed by atoms with Crippen molar-refractivity contribution in [3.05, 3.63) is 24.3 Å². The van der Waals surface area contributed by atoms with E-state index in [1.54, 1.807) is 4.90 Å². The number of nitrogens with one attached hydrogen (secondary N) is 1. The topological polar surface area (TPSA) is 52.6 Å². The number of nitrogens with zero attached hydrogens (tertiary/aromatic N) is 2. The lowest BCUT2D eigenvalue weighted by Gasteiger charge is -2.33. The van der Waals surface area contributed by atoms with Crippen molar-refractivity contribution in [1.29, 1.82) is 0 Å². The Bertz CT molecular complexity index is 416. The summed E-state index contributed by atoms with van der Waals surface area (Å²) in [6.07, 6.45) is 0.647. The summed E-state index contributed by atoms with van der Waals surface area (Å²) in [6.45, 7) is 1.99. The largest absolute Gasteiger partial charge is 0.360 e. The van der Waals surface area contributed by atoms with E-state index >= 15 is 0 Å². The Balaban J connectivity index is 2.07. The number of hydrogen-bond donors (Lipinski definition) is 1. The first kappa shape index (κ1) is 11.4. The van der Waals surface area contributed by atoms with Gasteiger partial charge in [-0.25, -0.2) is 0 Å². The van der Waals surface area contributed by atoms with E-state index in [4.69, 9.17) is 0 Å². The molecule has 0 bridgehead atoms. The molecule has 5 nitrogen and oxygen atoms in total. The molecule has 0 aliphatic carbocycles. The minimum absolute atomic E-state index is 0.131. The second-order valence-electron chi connectivity index (χ2n) is 4.05. The molecule has 0 radical (unpaired) electrons. The molecule has 90 valence electrons. The Kier molecular flexibility index (Phi) is 3.27. The van der Waals surface area contributed by atoms with Crippen molar-refractivity contribution in [3.63, 3.8) is 0 Å². The van der Waals surface area contributed by atoms with Crippen molar-refractivity contribution >= 4 is 23.7 Å². The first-order chi connectivity index (χ1) is 8.20. The Morgan fingerprint density at radius 1 is 1.24 bits per heavy atom. The number of carbonyl (C=O) groups is 2. The van der Waals surface area contributed by atoms with Crippen LogP contribution in [-0.2, 0) is 9.59 Å². The second-order valence-corrected chi connectivity index (χ2v) is 4.05. The third kappa shape index (κ3) is 2.55. The van der Waals surface area contributed by atoms with E-state index in [0.29, 0.717) is 13.0 Å². The maximum Gasteiger partial charge on any atom is 0.241 e. The SMILES string of the molecule is CN1CCN(c2ccc(NC=O)cc2)CC1=O. The minimum atomic E-state index is 0.131. The third-order valence-electron chi connectivity index (χ3n) is 2.92. The Labute approximate surface area is 100 Å². The van der Waals surface area contributed by atoms with Gasteiger partial charge in [0.1, 0.15) is 0 Å². The highest BCUT2D eigenvalue weighted by Crippen LogP contribution is 2.19. The summed E-state index contributed by atoms with van der Waals surface area (Å²) in [5.41, 5.74) is 1.76. The van der Waals surface area contributed by atoms with Gasteiger partial charge in [0.05, 0.1) is 6.54 Å².